The van der Waals surface area contributed by atoms with E-state index in [0.717, 1.165) is 40.4 Å². The van der Waals surface area contributed by atoms with Crippen molar-refractivity contribution in [2.45, 2.75) is 37.1 Å². The molecule has 0 spiro atoms. The van der Waals surface area contributed by atoms with Gasteiger partial charge in [-0.2, -0.15) is 0 Å². The Morgan fingerprint density at radius 1 is 1.21 bits per heavy atom. The molecule has 7 nitrogen and oxygen atoms in total. The summed E-state index contributed by atoms with van der Waals surface area (Å²) in [6.07, 6.45) is 4.33. The summed E-state index contributed by atoms with van der Waals surface area (Å²) >= 11 is 1.64. The predicted molar refractivity (Wildman–Crippen MR) is 131 cm³/mol. The average molecular weight is 481 g/mol. The molecular weight excluding hydrogens is 452 g/mol. The molecule has 5 rings (SSSR count). The van der Waals surface area contributed by atoms with Crippen LogP contribution in [-0.2, 0) is 16.1 Å². The van der Waals surface area contributed by atoms with Crippen LogP contribution in [0, 0.1) is 5.92 Å². The molecule has 2 aromatic carbocycles. The highest BCUT2D eigenvalue weighted by atomic mass is 32.2. The number of hydrogen-bond acceptors (Lipinski definition) is 6. The summed E-state index contributed by atoms with van der Waals surface area (Å²) in [5.41, 5.74) is 1.91. The molecule has 3 unspecified atom stereocenters. The molecule has 1 aliphatic carbocycles. The lowest BCUT2D eigenvalue weighted by atomic mass is 9.83. The Balaban J connectivity index is 1.21. The molecule has 2 amide bonds. The zero-order valence-electron chi connectivity index (χ0n) is 19.3. The number of hydrogen-bond donors (Lipinski definition) is 1. The van der Waals surface area contributed by atoms with Crippen LogP contribution in [0.3, 0.4) is 0 Å². The summed E-state index contributed by atoms with van der Waals surface area (Å²) in [5.74, 6) is 2.16. The molecule has 34 heavy (non-hydrogen) atoms. The van der Waals surface area contributed by atoms with E-state index in [-0.39, 0.29) is 35.8 Å². The highest BCUT2D eigenvalue weighted by Gasteiger charge is 2.42. The second-order valence-electron chi connectivity index (χ2n) is 8.84. The van der Waals surface area contributed by atoms with Gasteiger partial charge >= 0.3 is 0 Å². The number of carbonyl (C=O) groups is 2. The van der Waals surface area contributed by atoms with Gasteiger partial charge in [-0.25, -0.2) is 0 Å². The number of amides is 2. The fourth-order valence-corrected chi connectivity index (χ4v) is 6.28. The number of ether oxygens (including phenoxy) is 3. The lowest BCUT2D eigenvalue weighted by Gasteiger charge is -2.44. The summed E-state index contributed by atoms with van der Waals surface area (Å²) in [4.78, 5) is 28.6. The van der Waals surface area contributed by atoms with Gasteiger partial charge in [-0.1, -0.05) is 18.2 Å². The maximum Gasteiger partial charge on any atom is 0.260 e. The molecule has 2 heterocycles. The molecule has 8 heteroatoms. The van der Waals surface area contributed by atoms with Crippen LogP contribution in [-0.4, -0.2) is 49.0 Å². The molecule has 0 aromatic heterocycles. The highest BCUT2D eigenvalue weighted by molar-refractivity contribution is 8.04. The number of thioether (sulfide) groups is 1. The third-order valence-corrected chi connectivity index (χ3v) is 8.13. The number of benzene rings is 2. The fourth-order valence-electron chi connectivity index (χ4n) is 4.80. The normalized spacial score (nSPS) is 24.6. The zero-order chi connectivity index (χ0) is 23.7. The van der Waals surface area contributed by atoms with Gasteiger partial charge in [0.15, 0.2) is 11.5 Å². The van der Waals surface area contributed by atoms with Crippen molar-refractivity contribution in [1.29, 1.82) is 0 Å². The van der Waals surface area contributed by atoms with Gasteiger partial charge in [-0.05, 0) is 60.7 Å². The topological polar surface area (TPSA) is 77.1 Å². The summed E-state index contributed by atoms with van der Waals surface area (Å²) in [7, 11) is 3.49. The van der Waals surface area contributed by atoms with E-state index in [1.807, 2.05) is 60.5 Å². The van der Waals surface area contributed by atoms with Gasteiger partial charge in [0.05, 0.1) is 12.0 Å². The molecular formula is C26H28N2O5S. The lowest BCUT2D eigenvalue weighted by Crippen LogP contribution is -2.52. The smallest absolute Gasteiger partial charge is 0.260 e. The van der Waals surface area contributed by atoms with E-state index in [1.54, 1.807) is 18.9 Å². The molecule has 1 N–H and O–H groups in total. The average Bonchev–Trinajstić information content (AvgIpc) is 3.33. The Kier molecular flexibility index (Phi) is 6.41. The quantitative estimate of drug-likeness (QED) is 0.656. The number of nitrogens with one attached hydrogen (secondary N) is 1. The van der Waals surface area contributed by atoms with Crippen molar-refractivity contribution in [3.63, 3.8) is 0 Å². The first-order chi connectivity index (χ1) is 16.5. The van der Waals surface area contributed by atoms with Crippen LogP contribution in [0.25, 0.3) is 6.08 Å². The monoisotopic (exact) mass is 480 g/mol. The second kappa shape index (κ2) is 9.62. The molecule has 178 valence electrons. The van der Waals surface area contributed by atoms with E-state index >= 15 is 0 Å². The third kappa shape index (κ3) is 4.59. The first kappa shape index (κ1) is 22.7. The van der Waals surface area contributed by atoms with Crippen molar-refractivity contribution >= 4 is 29.7 Å². The van der Waals surface area contributed by atoms with Crippen molar-refractivity contribution < 1.29 is 23.8 Å². The van der Waals surface area contributed by atoms with Gasteiger partial charge in [-0.15, -0.1) is 11.8 Å². The number of fused-ring (bicyclic) bond motifs is 2. The maximum absolute atomic E-state index is 13.1. The van der Waals surface area contributed by atoms with Crippen LogP contribution in [0.5, 0.6) is 17.2 Å². The van der Waals surface area contributed by atoms with Gasteiger partial charge in [0.25, 0.3) is 5.91 Å². The summed E-state index contributed by atoms with van der Waals surface area (Å²) in [6, 6.07) is 13.5. The van der Waals surface area contributed by atoms with Gasteiger partial charge in [0, 0.05) is 30.8 Å². The van der Waals surface area contributed by atoms with Crippen molar-refractivity contribution in [1.82, 2.24) is 10.2 Å². The lowest BCUT2D eigenvalue weighted by molar-refractivity contribution is -0.132. The molecule has 1 saturated carbocycles. The number of carbonyl (C=O) groups excluding carboxylic acids is 2. The van der Waals surface area contributed by atoms with Crippen LogP contribution in [0.1, 0.15) is 30.4 Å². The standard InChI is InChI=1S/C26H28N2O5S/c1-28-20-13-18(25(29)27-14-17-6-8-21-22(11-17)33-15-32-21)7-9-23(20)34-24(26(28)30)12-16-4-3-5-19(10-16)31-2/h3-6,8,10-12,18,20,23H,7,9,13-15H2,1-2H3,(H,27,29)/b24-12+. The van der Waals surface area contributed by atoms with Crippen LogP contribution < -0.4 is 19.5 Å². The first-order valence-corrected chi connectivity index (χ1v) is 12.4. The highest BCUT2D eigenvalue weighted by Crippen LogP contribution is 2.43. The van der Waals surface area contributed by atoms with Gasteiger partial charge in [0.2, 0.25) is 12.7 Å². The molecule has 3 aliphatic rings. The third-order valence-electron chi connectivity index (χ3n) is 6.73. The molecule has 0 bridgehead atoms. The minimum Gasteiger partial charge on any atom is -0.497 e. The van der Waals surface area contributed by atoms with E-state index in [9.17, 15) is 9.59 Å². The summed E-state index contributed by atoms with van der Waals surface area (Å²) in [6.45, 7) is 0.674. The van der Waals surface area contributed by atoms with Crippen LogP contribution >= 0.6 is 11.8 Å². The predicted octanol–water partition coefficient (Wildman–Crippen LogP) is 3.82. The Morgan fingerprint density at radius 3 is 2.91 bits per heavy atom. The van der Waals surface area contributed by atoms with E-state index in [0.29, 0.717) is 18.7 Å². The molecule has 2 aliphatic heterocycles. The Morgan fingerprint density at radius 2 is 2.06 bits per heavy atom. The largest absolute Gasteiger partial charge is 0.497 e. The van der Waals surface area contributed by atoms with E-state index in [4.69, 9.17) is 14.2 Å². The van der Waals surface area contributed by atoms with E-state index < -0.39 is 0 Å². The number of rotatable bonds is 5. The Labute approximate surface area is 203 Å². The van der Waals surface area contributed by atoms with Gasteiger partial charge in [-0.3, -0.25) is 9.59 Å². The number of nitrogens with zero attached hydrogens (tertiary/aromatic N) is 1. The number of likely N-dealkylation sites (N-methyl/N-ethyl adjacent to an activating group) is 1. The zero-order valence-corrected chi connectivity index (χ0v) is 20.1. The minimum atomic E-state index is -0.102. The van der Waals surface area contributed by atoms with Crippen molar-refractivity contribution in [3.8, 4) is 17.2 Å². The fraction of sp³-hybridized carbons (Fsp3) is 0.385. The van der Waals surface area contributed by atoms with Crippen LogP contribution in [0.15, 0.2) is 47.4 Å². The van der Waals surface area contributed by atoms with Gasteiger partial charge < -0.3 is 24.4 Å². The molecule has 2 fully saturated rings. The van der Waals surface area contributed by atoms with Crippen molar-refractivity contribution in [2.24, 2.45) is 5.92 Å². The van der Waals surface area contributed by atoms with Crippen molar-refractivity contribution in [2.75, 3.05) is 21.0 Å². The first-order valence-electron chi connectivity index (χ1n) is 11.5. The maximum atomic E-state index is 13.1. The summed E-state index contributed by atoms with van der Waals surface area (Å²) in [5, 5.41) is 3.35. The molecule has 0 radical (unpaired) electrons. The SMILES string of the molecule is COc1cccc(/C=C2/SC3CCC(C(=O)NCc4ccc5c(c4)OCO5)CC3N(C)C2=O)c1. The Bertz CT molecular complexity index is 1130. The molecule has 1 saturated heterocycles. The van der Waals surface area contributed by atoms with E-state index in [1.165, 1.54) is 0 Å². The van der Waals surface area contributed by atoms with E-state index in [2.05, 4.69) is 5.32 Å². The van der Waals surface area contributed by atoms with Crippen LogP contribution in [0.4, 0.5) is 0 Å². The molecule has 2 aromatic rings. The van der Waals surface area contributed by atoms with Crippen molar-refractivity contribution in [3.05, 3.63) is 58.5 Å². The Hall–Kier alpha value is -3.13. The molecule has 3 atom stereocenters. The van der Waals surface area contributed by atoms with Crippen LogP contribution in [0.2, 0.25) is 0 Å². The minimum absolute atomic E-state index is 0.00971. The number of methoxy groups -OCH3 is 1. The second-order valence-corrected chi connectivity index (χ2v) is 10.1. The van der Waals surface area contributed by atoms with Gasteiger partial charge in [0.1, 0.15) is 5.75 Å². The summed E-state index contributed by atoms with van der Waals surface area (Å²) < 4.78 is 16.1.